The molecule has 0 saturated carbocycles. The third-order valence-electron chi connectivity index (χ3n) is 5.31. The number of fused-ring (bicyclic) bond motifs is 2. The van der Waals surface area contributed by atoms with E-state index in [1.807, 2.05) is 25.1 Å². The van der Waals surface area contributed by atoms with Gasteiger partial charge in [0.25, 0.3) is 5.91 Å². The van der Waals surface area contributed by atoms with E-state index in [1.165, 1.54) is 0 Å². The van der Waals surface area contributed by atoms with Crippen molar-refractivity contribution in [3.05, 3.63) is 35.4 Å². The van der Waals surface area contributed by atoms with Crippen molar-refractivity contribution in [1.82, 2.24) is 15.1 Å². The quantitative estimate of drug-likeness (QED) is 0.869. The molecule has 3 heterocycles. The molecule has 3 saturated heterocycles. The molecule has 0 radical (unpaired) electrons. The highest BCUT2D eigenvalue weighted by Gasteiger charge is 2.51. The molecule has 6 nitrogen and oxygen atoms in total. The molecule has 0 unspecified atom stereocenters. The third-order valence-corrected chi connectivity index (χ3v) is 5.31. The van der Waals surface area contributed by atoms with Crippen LogP contribution < -0.4 is 5.32 Å². The zero-order chi connectivity index (χ0) is 16.8. The Labute approximate surface area is 140 Å². The number of rotatable bonds is 2. The SMILES string of the molecule is Cc1cccc(C(=O)N[C@H]2C[C@H]3C(=O)N4CCC[C@H]4C(=O)N3C2)c1. The second-order valence-electron chi connectivity index (χ2n) is 6.97. The molecule has 126 valence electrons. The number of carbonyl (C=O) groups is 3. The lowest BCUT2D eigenvalue weighted by molar-refractivity contribution is -0.156. The number of carbonyl (C=O) groups excluding carboxylic acids is 3. The Balaban J connectivity index is 1.47. The molecule has 0 aliphatic carbocycles. The molecular formula is C18H21N3O3. The van der Waals surface area contributed by atoms with Crippen LogP contribution in [0.5, 0.6) is 0 Å². The van der Waals surface area contributed by atoms with Gasteiger partial charge in [0.2, 0.25) is 11.8 Å². The minimum atomic E-state index is -0.408. The summed E-state index contributed by atoms with van der Waals surface area (Å²) >= 11 is 0. The van der Waals surface area contributed by atoms with Crippen LogP contribution in [0.1, 0.15) is 35.2 Å². The van der Waals surface area contributed by atoms with Gasteiger partial charge >= 0.3 is 0 Å². The predicted molar refractivity (Wildman–Crippen MR) is 87.3 cm³/mol. The first kappa shape index (κ1) is 15.2. The highest BCUT2D eigenvalue weighted by Crippen LogP contribution is 2.32. The van der Waals surface area contributed by atoms with Crippen molar-refractivity contribution in [2.75, 3.05) is 13.1 Å². The lowest BCUT2D eigenvalue weighted by atomic mass is 10.1. The average molecular weight is 327 g/mol. The van der Waals surface area contributed by atoms with Crippen molar-refractivity contribution in [3.8, 4) is 0 Å². The van der Waals surface area contributed by atoms with Gasteiger partial charge < -0.3 is 15.1 Å². The van der Waals surface area contributed by atoms with Crippen LogP contribution in [-0.2, 0) is 9.59 Å². The molecule has 3 amide bonds. The largest absolute Gasteiger partial charge is 0.347 e. The molecule has 1 N–H and O–H groups in total. The van der Waals surface area contributed by atoms with E-state index in [9.17, 15) is 14.4 Å². The lowest BCUT2D eigenvalue weighted by Crippen LogP contribution is -2.60. The van der Waals surface area contributed by atoms with Crippen LogP contribution in [0.3, 0.4) is 0 Å². The highest BCUT2D eigenvalue weighted by atomic mass is 16.2. The summed E-state index contributed by atoms with van der Waals surface area (Å²) in [6.45, 7) is 3.05. The second-order valence-corrected chi connectivity index (χ2v) is 6.97. The van der Waals surface area contributed by atoms with Crippen molar-refractivity contribution in [3.63, 3.8) is 0 Å². The first-order valence-corrected chi connectivity index (χ1v) is 8.53. The van der Waals surface area contributed by atoms with Gasteiger partial charge in [-0.15, -0.1) is 0 Å². The van der Waals surface area contributed by atoms with Crippen LogP contribution in [0, 0.1) is 6.92 Å². The van der Waals surface area contributed by atoms with Gasteiger partial charge in [-0.2, -0.15) is 0 Å². The molecular weight excluding hydrogens is 306 g/mol. The number of amides is 3. The molecule has 0 bridgehead atoms. The van der Waals surface area contributed by atoms with Gasteiger partial charge in [-0.25, -0.2) is 0 Å². The number of benzene rings is 1. The van der Waals surface area contributed by atoms with Crippen LogP contribution in [-0.4, -0.2) is 58.7 Å². The van der Waals surface area contributed by atoms with Gasteiger partial charge in [0.1, 0.15) is 12.1 Å². The van der Waals surface area contributed by atoms with Crippen LogP contribution in [0.25, 0.3) is 0 Å². The summed E-state index contributed by atoms with van der Waals surface area (Å²) in [4.78, 5) is 41.0. The zero-order valence-electron chi connectivity index (χ0n) is 13.7. The Morgan fingerprint density at radius 3 is 2.75 bits per heavy atom. The van der Waals surface area contributed by atoms with E-state index in [2.05, 4.69) is 5.32 Å². The predicted octanol–water partition coefficient (Wildman–Crippen LogP) is 0.699. The number of hydrogen-bond acceptors (Lipinski definition) is 3. The molecule has 4 rings (SSSR count). The standard InChI is InChI=1S/C18H21N3O3/c1-11-4-2-5-12(8-11)16(22)19-13-9-15-18(24)20-7-3-6-14(20)17(23)21(15)10-13/h2,4-5,8,13-15H,3,6-7,9-10H2,1H3,(H,19,22)/t13-,14-,15-/m0/s1. The summed E-state index contributed by atoms with van der Waals surface area (Å²) in [6.07, 6.45) is 2.16. The molecule has 3 aliphatic heterocycles. The van der Waals surface area contributed by atoms with Gasteiger partial charge in [0.15, 0.2) is 0 Å². The maximum Gasteiger partial charge on any atom is 0.251 e. The van der Waals surface area contributed by atoms with Gasteiger partial charge in [-0.3, -0.25) is 14.4 Å². The fourth-order valence-corrected chi connectivity index (χ4v) is 4.14. The van der Waals surface area contributed by atoms with E-state index >= 15 is 0 Å². The molecule has 3 fully saturated rings. The molecule has 1 aromatic carbocycles. The maximum atomic E-state index is 12.6. The Hall–Kier alpha value is -2.37. The van der Waals surface area contributed by atoms with E-state index in [1.54, 1.807) is 15.9 Å². The summed E-state index contributed by atoms with van der Waals surface area (Å²) in [7, 11) is 0. The van der Waals surface area contributed by atoms with Crippen molar-refractivity contribution in [1.29, 1.82) is 0 Å². The van der Waals surface area contributed by atoms with Crippen LogP contribution in [0.15, 0.2) is 24.3 Å². The second kappa shape index (κ2) is 5.61. The molecule has 3 atom stereocenters. The first-order valence-electron chi connectivity index (χ1n) is 8.53. The number of piperazine rings is 1. The Morgan fingerprint density at radius 2 is 1.96 bits per heavy atom. The highest BCUT2D eigenvalue weighted by molar-refractivity contribution is 5.98. The minimum absolute atomic E-state index is 0.0457. The Morgan fingerprint density at radius 1 is 1.17 bits per heavy atom. The molecule has 0 spiro atoms. The topological polar surface area (TPSA) is 69.7 Å². The van der Waals surface area contributed by atoms with Crippen molar-refractivity contribution >= 4 is 17.7 Å². The Kier molecular flexibility index (Phi) is 3.55. The third kappa shape index (κ3) is 2.37. The van der Waals surface area contributed by atoms with Gasteiger partial charge in [0, 0.05) is 24.7 Å². The zero-order valence-corrected chi connectivity index (χ0v) is 13.7. The number of nitrogens with one attached hydrogen (secondary N) is 1. The minimum Gasteiger partial charge on any atom is -0.347 e. The van der Waals surface area contributed by atoms with E-state index in [4.69, 9.17) is 0 Å². The van der Waals surface area contributed by atoms with Crippen molar-refractivity contribution in [2.24, 2.45) is 0 Å². The fraction of sp³-hybridized carbons (Fsp3) is 0.500. The summed E-state index contributed by atoms with van der Waals surface area (Å²) in [5, 5.41) is 2.98. The number of aryl methyl sites for hydroxylation is 1. The summed E-state index contributed by atoms with van der Waals surface area (Å²) in [6, 6.07) is 6.55. The van der Waals surface area contributed by atoms with E-state index in [0.717, 1.165) is 18.4 Å². The van der Waals surface area contributed by atoms with E-state index in [0.29, 0.717) is 25.1 Å². The van der Waals surface area contributed by atoms with Crippen molar-refractivity contribution < 1.29 is 14.4 Å². The van der Waals surface area contributed by atoms with Crippen molar-refractivity contribution in [2.45, 2.75) is 44.3 Å². The first-order chi connectivity index (χ1) is 11.5. The monoisotopic (exact) mass is 327 g/mol. The smallest absolute Gasteiger partial charge is 0.251 e. The molecule has 1 aromatic rings. The van der Waals surface area contributed by atoms with Crippen LogP contribution in [0.4, 0.5) is 0 Å². The van der Waals surface area contributed by atoms with Crippen LogP contribution in [0.2, 0.25) is 0 Å². The summed E-state index contributed by atoms with van der Waals surface area (Å²) in [5.41, 5.74) is 1.63. The number of hydrogen-bond donors (Lipinski definition) is 1. The number of nitrogens with zero attached hydrogens (tertiary/aromatic N) is 2. The summed E-state index contributed by atoms with van der Waals surface area (Å²) in [5.74, 6) is -0.0576. The molecule has 0 aromatic heterocycles. The van der Waals surface area contributed by atoms with Crippen LogP contribution >= 0.6 is 0 Å². The fourth-order valence-electron chi connectivity index (χ4n) is 4.14. The van der Waals surface area contributed by atoms with Gasteiger partial charge in [-0.05, 0) is 38.3 Å². The Bertz CT molecular complexity index is 687. The lowest BCUT2D eigenvalue weighted by Gasteiger charge is -2.38. The maximum absolute atomic E-state index is 12.6. The molecule has 6 heteroatoms. The molecule has 24 heavy (non-hydrogen) atoms. The average Bonchev–Trinajstić information content (AvgIpc) is 3.20. The summed E-state index contributed by atoms with van der Waals surface area (Å²) < 4.78 is 0. The molecule has 3 aliphatic rings. The normalized spacial score (nSPS) is 28.8. The van der Waals surface area contributed by atoms with Gasteiger partial charge in [0.05, 0.1) is 0 Å². The van der Waals surface area contributed by atoms with Gasteiger partial charge in [-0.1, -0.05) is 17.7 Å². The van der Waals surface area contributed by atoms with E-state index in [-0.39, 0.29) is 29.8 Å². The van der Waals surface area contributed by atoms with E-state index < -0.39 is 6.04 Å².